The van der Waals surface area contributed by atoms with Crippen LogP contribution in [0.5, 0.6) is 0 Å². The molecule has 8 heteroatoms. The number of benzene rings is 1. The fraction of sp³-hybridized carbons (Fsp3) is 0.591. The molecule has 0 radical (unpaired) electrons. The van der Waals surface area contributed by atoms with E-state index in [2.05, 4.69) is 10.6 Å². The molecule has 1 fully saturated rings. The molecule has 4 amide bonds. The van der Waals surface area contributed by atoms with Crippen molar-refractivity contribution in [2.75, 3.05) is 31.5 Å². The highest BCUT2D eigenvalue weighted by Crippen LogP contribution is 2.20. The van der Waals surface area contributed by atoms with Crippen molar-refractivity contribution in [2.24, 2.45) is 11.8 Å². The third-order valence-electron chi connectivity index (χ3n) is 5.14. The second kappa shape index (κ2) is 10.7. The summed E-state index contributed by atoms with van der Waals surface area (Å²) in [5.41, 5.74) is 1.59. The van der Waals surface area contributed by atoms with Gasteiger partial charge in [0.15, 0.2) is 0 Å². The van der Waals surface area contributed by atoms with Gasteiger partial charge in [-0.15, -0.1) is 0 Å². The Hall–Kier alpha value is -2.28. The monoisotopic (exact) mass is 436 g/mol. The van der Waals surface area contributed by atoms with Gasteiger partial charge in [0.1, 0.15) is 6.04 Å². The maximum absolute atomic E-state index is 13.0. The van der Waals surface area contributed by atoms with Crippen molar-refractivity contribution < 1.29 is 14.4 Å². The third-order valence-corrected chi connectivity index (χ3v) is 5.55. The van der Waals surface area contributed by atoms with Crippen LogP contribution in [0.4, 0.5) is 10.5 Å². The number of anilines is 1. The van der Waals surface area contributed by atoms with Crippen molar-refractivity contribution in [3.8, 4) is 0 Å². The smallest absolute Gasteiger partial charge is 0.321 e. The summed E-state index contributed by atoms with van der Waals surface area (Å²) in [5, 5.41) is 6.34. The molecule has 166 valence electrons. The van der Waals surface area contributed by atoms with E-state index in [1.807, 2.05) is 46.8 Å². The van der Waals surface area contributed by atoms with Crippen LogP contribution in [0, 0.1) is 18.8 Å². The zero-order valence-electron chi connectivity index (χ0n) is 18.5. The predicted molar refractivity (Wildman–Crippen MR) is 120 cm³/mol. The number of hydrogen-bond acceptors (Lipinski definition) is 3. The molecule has 0 bridgehead atoms. The summed E-state index contributed by atoms with van der Waals surface area (Å²) in [5.74, 6) is 0.0268. The van der Waals surface area contributed by atoms with E-state index in [1.54, 1.807) is 15.9 Å². The molecule has 1 aliphatic heterocycles. The van der Waals surface area contributed by atoms with Gasteiger partial charge in [0.25, 0.3) is 0 Å². The van der Waals surface area contributed by atoms with Gasteiger partial charge in [0, 0.05) is 43.3 Å². The fourth-order valence-electron chi connectivity index (χ4n) is 3.32. The molecule has 1 aromatic rings. The molecule has 0 spiro atoms. The number of rotatable bonds is 6. The van der Waals surface area contributed by atoms with Gasteiger partial charge < -0.3 is 20.4 Å². The van der Waals surface area contributed by atoms with Crippen LogP contribution in [-0.4, -0.2) is 59.9 Å². The van der Waals surface area contributed by atoms with Gasteiger partial charge >= 0.3 is 6.03 Å². The number of halogens is 1. The van der Waals surface area contributed by atoms with Crippen LogP contribution in [0.3, 0.4) is 0 Å². The summed E-state index contributed by atoms with van der Waals surface area (Å²) in [4.78, 5) is 41.1. The van der Waals surface area contributed by atoms with Gasteiger partial charge in [-0.25, -0.2) is 4.79 Å². The van der Waals surface area contributed by atoms with E-state index in [0.29, 0.717) is 43.3 Å². The highest BCUT2D eigenvalue weighted by Gasteiger charge is 2.31. The molecule has 1 heterocycles. The lowest BCUT2D eigenvalue weighted by molar-refractivity contribution is -0.139. The van der Waals surface area contributed by atoms with Crippen LogP contribution in [0.2, 0.25) is 5.02 Å². The SMILES string of the molecule is Cc1ccc(NC(=O)N2CCN(C(=O)C(NC(=O)CC(C)C)C(C)C)CC2)cc1Cl. The normalized spacial score (nSPS) is 15.3. The molecule has 1 saturated heterocycles. The van der Waals surface area contributed by atoms with Crippen LogP contribution < -0.4 is 10.6 Å². The highest BCUT2D eigenvalue weighted by atomic mass is 35.5. The van der Waals surface area contributed by atoms with Crippen LogP contribution in [0.15, 0.2) is 18.2 Å². The van der Waals surface area contributed by atoms with Crippen molar-refractivity contribution >= 4 is 35.1 Å². The molecule has 1 atom stereocenters. The third kappa shape index (κ3) is 6.62. The Labute approximate surface area is 184 Å². The second-order valence-electron chi connectivity index (χ2n) is 8.59. The van der Waals surface area contributed by atoms with Gasteiger partial charge in [0.05, 0.1) is 0 Å². The Morgan fingerprint density at radius 2 is 1.63 bits per heavy atom. The summed E-state index contributed by atoms with van der Waals surface area (Å²) in [7, 11) is 0. The van der Waals surface area contributed by atoms with Crippen molar-refractivity contribution in [2.45, 2.75) is 47.1 Å². The van der Waals surface area contributed by atoms with Crippen molar-refractivity contribution in [1.82, 2.24) is 15.1 Å². The summed E-state index contributed by atoms with van der Waals surface area (Å²) in [6.07, 6.45) is 0.396. The molecule has 2 N–H and O–H groups in total. The lowest BCUT2D eigenvalue weighted by Crippen LogP contribution is -2.57. The van der Waals surface area contributed by atoms with Gasteiger partial charge in [-0.05, 0) is 36.5 Å². The minimum Gasteiger partial charge on any atom is -0.344 e. The highest BCUT2D eigenvalue weighted by molar-refractivity contribution is 6.31. The molecule has 2 rings (SSSR count). The van der Waals surface area contributed by atoms with Crippen LogP contribution in [-0.2, 0) is 9.59 Å². The molecule has 1 aliphatic rings. The summed E-state index contributed by atoms with van der Waals surface area (Å²) < 4.78 is 0. The number of aryl methyl sites for hydroxylation is 1. The van der Waals surface area contributed by atoms with Crippen molar-refractivity contribution in [3.05, 3.63) is 28.8 Å². The first-order chi connectivity index (χ1) is 14.1. The molecular weight excluding hydrogens is 404 g/mol. The average molecular weight is 437 g/mol. The van der Waals surface area contributed by atoms with E-state index < -0.39 is 6.04 Å². The van der Waals surface area contributed by atoms with Crippen LogP contribution in [0.1, 0.15) is 39.7 Å². The molecule has 1 aromatic carbocycles. The first-order valence-corrected chi connectivity index (χ1v) is 10.9. The number of piperazine rings is 1. The quantitative estimate of drug-likeness (QED) is 0.715. The van der Waals surface area contributed by atoms with Crippen molar-refractivity contribution in [1.29, 1.82) is 0 Å². The van der Waals surface area contributed by atoms with Crippen LogP contribution >= 0.6 is 11.6 Å². The largest absolute Gasteiger partial charge is 0.344 e. The van der Waals surface area contributed by atoms with E-state index in [4.69, 9.17) is 11.6 Å². The van der Waals surface area contributed by atoms with E-state index in [9.17, 15) is 14.4 Å². The molecule has 30 heavy (non-hydrogen) atoms. The average Bonchev–Trinajstić information content (AvgIpc) is 2.67. The second-order valence-corrected chi connectivity index (χ2v) is 9.00. The zero-order valence-corrected chi connectivity index (χ0v) is 19.3. The van der Waals surface area contributed by atoms with Gasteiger partial charge in [-0.2, -0.15) is 0 Å². The fourth-order valence-corrected chi connectivity index (χ4v) is 3.50. The van der Waals surface area contributed by atoms with Crippen molar-refractivity contribution in [3.63, 3.8) is 0 Å². The lowest BCUT2D eigenvalue weighted by atomic mass is 10.0. The summed E-state index contributed by atoms with van der Waals surface area (Å²) >= 11 is 6.12. The molecule has 0 saturated carbocycles. The van der Waals surface area contributed by atoms with E-state index in [1.165, 1.54) is 0 Å². The number of carbonyl (C=O) groups is 3. The Morgan fingerprint density at radius 1 is 1.03 bits per heavy atom. The predicted octanol–water partition coefficient (Wildman–Crippen LogP) is 3.51. The minimum atomic E-state index is -0.550. The number of nitrogens with one attached hydrogen (secondary N) is 2. The van der Waals surface area contributed by atoms with E-state index in [0.717, 1.165) is 5.56 Å². The maximum Gasteiger partial charge on any atom is 0.321 e. The lowest BCUT2D eigenvalue weighted by Gasteiger charge is -2.37. The number of hydrogen-bond donors (Lipinski definition) is 2. The summed E-state index contributed by atoms with van der Waals surface area (Å²) in [6, 6.07) is 4.63. The Balaban J connectivity index is 1.91. The first kappa shape index (κ1) is 24.0. The molecule has 7 nitrogen and oxygen atoms in total. The molecule has 0 aliphatic carbocycles. The molecule has 0 aromatic heterocycles. The number of amides is 4. The van der Waals surface area contributed by atoms with E-state index >= 15 is 0 Å². The minimum absolute atomic E-state index is 0.0128. The van der Waals surface area contributed by atoms with E-state index in [-0.39, 0.29) is 29.7 Å². The van der Waals surface area contributed by atoms with Gasteiger partial charge in [-0.3, -0.25) is 9.59 Å². The zero-order chi connectivity index (χ0) is 22.4. The number of carbonyl (C=O) groups excluding carboxylic acids is 3. The summed E-state index contributed by atoms with van der Waals surface area (Å²) in [6.45, 7) is 11.4. The van der Waals surface area contributed by atoms with Crippen LogP contribution in [0.25, 0.3) is 0 Å². The maximum atomic E-state index is 13.0. The Kier molecular flexibility index (Phi) is 8.53. The Bertz CT molecular complexity index is 774. The molecule has 1 unspecified atom stereocenters. The Morgan fingerprint density at radius 3 is 2.17 bits per heavy atom. The molecular formula is C22H33ClN4O3. The van der Waals surface area contributed by atoms with Gasteiger partial charge in [-0.1, -0.05) is 45.4 Å². The topological polar surface area (TPSA) is 81.8 Å². The number of nitrogens with zero attached hydrogens (tertiary/aromatic N) is 2. The van der Waals surface area contributed by atoms with Gasteiger partial charge in [0.2, 0.25) is 11.8 Å². The number of urea groups is 1. The first-order valence-electron chi connectivity index (χ1n) is 10.5. The standard InChI is InChI=1S/C22H33ClN4O3/c1-14(2)12-19(28)25-20(15(3)4)21(29)26-8-10-27(11-9-26)22(30)24-17-7-6-16(5)18(23)13-17/h6-7,13-15,20H,8-12H2,1-5H3,(H,24,30)(H,25,28).